The zero-order valence-electron chi connectivity index (χ0n) is 12.3. The predicted octanol–water partition coefficient (Wildman–Crippen LogP) is 4.60. The molecule has 0 heterocycles. The van der Waals surface area contributed by atoms with Crippen molar-refractivity contribution in [2.75, 3.05) is 0 Å². The Morgan fingerprint density at radius 3 is 2.67 bits per heavy atom. The molecular formula is C17H21F3O. The first kappa shape index (κ1) is 16.1. The molecule has 1 nitrogen and oxygen atoms in total. The van der Waals surface area contributed by atoms with Gasteiger partial charge in [-0.05, 0) is 49.7 Å². The summed E-state index contributed by atoms with van der Waals surface area (Å²) in [5, 5.41) is 10.3. The van der Waals surface area contributed by atoms with E-state index < -0.39 is 17.8 Å². The molecule has 3 unspecified atom stereocenters. The largest absolute Gasteiger partial charge is 0.416 e. The van der Waals surface area contributed by atoms with E-state index in [9.17, 15) is 18.3 Å². The van der Waals surface area contributed by atoms with E-state index in [0.717, 1.165) is 25.0 Å². The average molecular weight is 298 g/mol. The Labute approximate surface area is 123 Å². The Hall–Kier alpha value is -1.29. The van der Waals surface area contributed by atoms with Crippen molar-refractivity contribution < 1.29 is 18.3 Å². The molecule has 0 saturated carbocycles. The van der Waals surface area contributed by atoms with Crippen LogP contribution in [0.3, 0.4) is 0 Å². The second-order valence-electron chi connectivity index (χ2n) is 6.16. The van der Waals surface area contributed by atoms with Gasteiger partial charge >= 0.3 is 6.18 Å². The summed E-state index contributed by atoms with van der Waals surface area (Å²) in [7, 11) is 0. The summed E-state index contributed by atoms with van der Waals surface area (Å²) in [6.45, 7) is 4.15. The van der Waals surface area contributed by atoms with Crippen molar-refractivity contribution in [2.24, 2.45) is 11.8 Å². The first-order chi connectivity index (χ1) is 9.75. The van der Waals surface area contributed by atoms with Crippen molar-refractivity contribution in [1.29, 1.82) is 0 Å². The first-order valence-electron chi connectivity index (χ1n) is 7.27. The van der Waals surface area contributed by atoms with Crippen LogP contribution in [0.4, 0.5) is 13.2 Å². The fourth-order valence-electron chi connectivity index (χ4n) is 3.17. The Bertz CT molecular complexity index is 519. The molecule has 0 aromatic heterocycles. The Morgan fingerprint density at radius 1 is 1.33 bits per heavy atom. The zero-order chi connectivity index (χ0) is 15.6. The fourth-order valence-corrected chi connectivity index (χ4v) is 3.17. The number of alkyl halides is 3. The second kappa shape index (κ2) is 6.22. The molecular weight excluding hydrogens is 277 g/mol. The molecule has 1 aliphatic rings. The van der Waals surface area contributed by atoms with Crippen LogP contribution in [0.5, 0.6) is 0 Å². The highest BCUT2D eigenvalue weighted by Gasteiger charge is 2.31. The van der Waals surface area contributed by atoms with Crippen molar-refractivity contribution in [3.63, 3.8) is 0 Å². The summed E-state index contributed by atoms with van der Waals surface area (Å²) in [6.07, 6.45) is -0.747. The molecule has 21 heavy (non-hydrogen) atoms. The van der Waals surface area contributed by atoms with Gasteiger partial charge in [-0.2, -0.15) is 13.2 Å². The summed E-state index contributed by atoms with van der Waals surface area (Å²) >= 11 is 0. The van der Waals surface area contributed by atoms with Crippen molar-refractivity contribution in [3.8, 4) is 0 Å². The third-order valence-electron chi connectivity index (χ3n) is 4.07. The number of hydrogen-bond acceptors (Lipinski definition) is 1. The minimum Gasteiger partial charge on any atom is -0.392 e. The smallest absolute Gasteiger partial charge is 0.392 e. The highest BCUT2D eigenvalue weighted by Crippen LogP contribution is 2.33. The van der Waals surface area contributed by atoms with Gasteiger partial charge in [0.05, 0.1) is 11.7 Å². The van der Waals surface area contributed by atoms with Gasteiger partial charge in [0.2, 0.25) is 0 Å². The van der Waals surface area contributed by atoms with Crippen LogP contribution in [0, 0.1) is 11.8 Å². The van der Waals surface area contributed by atoms with E-state index in [4.69, 9.17) is 0 Å². The molecule has 0 fully saturated rings. The standard InChI is InChI=1S/C17H21F3O/c1-11-6-12(2)8-14(7-11)16(21)10-13-4-3-5-15(9-13)17(18,19)20/h3-6,9,11,14,16,21H,7-8,10H2,1-2H3. The molecule has 1 N–H and O–H groups in total. The molecule has 4 heteroatoms. The van der Waals surface area contributed by atoms with Gasteiger partial charge in [-0.25, -0.2) is 0 Å². The lowest BCUT2D eigenvalue weighted by atomic mass is 9.79. The molecule has 1 aromatic rings. The van der Waals surface area contributed by atoms with Crippen molar-refractivity contribution in [1.82, 2.24) is 0 Å². The maximum absolute atomic E-state index is 12.7. The quantitative estimate of drug-likeness (QED) is 0.808. The summed E-state index contributed by atoms with van der Waals surface area (Å²) in [5.41, 5.74) is 1.14. The Balaban J connectivity index is 2.06. The zero-order valence-corrected chi connectivity index (χ0v) is 12.3. The van der Waals surface area contributed by atoms with E-state index in [1.54, 1.807) is 6.07 Å². The monoisotopic (exact) mass is 298 g/mol. The van der Waals surface area contributed by atoms with E-state index in [2.05, 4.69) is 13.0 Å². The minimum atomic E-state index is -4.33. The van der Waals surface area contributed by atoms with Crippen molar-refractivity contribution in [3.05, 3.63) is 47.0 Å². The van der Waals surface area contributed by atoms with Crippen LogP contribution >= 0.6 is 0 Å². The molecule has 1 aliphatic carbocycles. The maximum atomic E-state index is 12.7. The lowest BCUT2D eigenvalue weighted by Crippen LogP contribution is -2.27. The van der Waals surface area contributed by atoms with Crippen LogP contribution in [0.25, 0.3) is 0 Å². The number of benzene rings is 1. The highest BCUT2D eigenvalue weighted by atomic mass is 19.4. The molecule has 2 rings (SSSR count). The van der Waals surface area contributed by atoms with Gasteiger partial charge in [0, 0.05) is 0 Å². The third-order valence-corrected chi connectivity index (χ3v) is 4.07. The van der Waals surface area contributed by atoms with Crippen LogP contribution in [0.15, 0.2) is 35.9 Å². The molecule has 0 radical (unpaired) electrons. The maximum Gasteiger partial charge on any atom is 0.416 e. The lowest BCUT2D eigenvalue weighted by Gasteiger charge is -2.29. The number of halogens is 3. The number of allylic oxidation sites excluding steroid dienone is 2. The predicted molar refractivity (Wildman–Crippen MR) is 76.8 cm³/mol. The lowest BCUT2D eigenvalue weighted by molar-refractivity contribution is -0.137. The van der Waals surface area contributed by atoms with E-state index in [1.807, 2.05) is 6.92 Å². The number of hydrogen-bond donors (Lipinski definition) is 1. The van der Waals surface area contributed by atoms with Gasteiger partial charge in [0.25, 0.3) is 0 Å². The van der Waals surface area contributed by atoms with E-state index in [-0.39, 0.29) is 12.3 Å². The number of aliphatic hydroxyl groups excluding tert-OH is 1. The molecule has 116 valence electrons. The van der Waals surface area contributed by atoms with Crippen LogP contribution in [-0.2, 0) is 12.6 Å². The Morgan fingerprint density at radius 2 is 2.05 bits per heavy atom. The first-order valence-corrected chi connectivity index (χ1v) is 7.27. The van der Waals surface area contributed by atoms with Crippen molar-refractivity contribution in [2.45, 2.75) is 45.4 Å². The van der Waals surface area contributed by atoms with Crippen LogP contribution in [-0.4, -0.2) is 11.2 Å². The minimum absolute atomic E-state index is 0.125. The normalized spacial score (nSPS) is 24.6. The van der Waals surface area contributed by atoms with Gasteiger partial charge in [-0.3, -0.25) is 0 Å². The molecule has 0 saturated heterocycles. The Kier molecular flexibility index (Phi) is 4.77. The summed E-state index contributed by atoms with van der Waals surface area (Å²) in [5.74, 6) is 0.541. The summed E-state index contributed by atoms with van der Waals surface area (Å²) < 4.78 is 38.1. The highest BCUT2D eigenvalue weighted by molar-refractivity contribution is 5.26. The molecule has 0 bridgehead atoms. The van der Waals surface area contributed by atoms with Crippen LogP contribution < -0.4 is 0 Å². The van der Waals surface area contributed by atoms with Gasteiger partial charge < -0.3 is 5.11 Å². The van der Waals surface area contributed by atoms with E-state index in [1.165, 1.54) is 11.6 Å². The van der Waals surface area contributed by atoms with Gasteiger partial charge in [-0.15, -0.1) is 0 Å². The van der Waals surface area contributed by atoms with E-state index in [0.29, 0.717) is 11.5 Å². The molecule has 3 atom stereocenters. The fraction of sp³-hybridized carbons (Fsp3) is 0.529. The van der Waals surface area contributed by atoms with Gasteiger partial charge in [0.15, 0.2) is 0 Å². The number of rotatable bonds is 3. The topological polar surface area (TPSA) is 20.2 Å². The third kappa shape index (κ3) is 4.34. The second-order valence-corrected chi connectivity index (χ2v) is 6.16. The molecule has 0 aliphatic heterocycles. The summed E-state index contributed by atoms with van der Waals surface area (Å²) in [4.78, 5) is 0. The molecule has 0 spiro atoms. The van der Waals surface area contributed by atoms with Gasteiger partial charge in [0.1, 0.15) is 0 Å². The SMILES string of the molecule is CC1=CC(C)CC(C(O)Cc2cccc(C(F)(F)F)c2)C1. The molecule has 0 amide bonds. The van der Waals surface area contributed by atoms with Crippen LogP contribution in [0.2, 0.25) is 0 Å². The van der Waals surface area contributed by atoms with Crippen LogP contribution in [0.1, 0.15) is 37.8 Å². The van der Waals surface area contributed by atoms with Gasteiger partial charge in [-0.1, -0.05) is 36.8 Å². The van der Waals surface area contributed by atoms with E-state index >= 15 is 0 Å². The average Bonchev–Trinajstić information content (AvgIpc) is 2.37. The molecule has 1 aromatic carbocycles. The van der Waals surface area contributed by atoms with Crippen molar-refractivity contribution >= 4 is 0 Å². The summed E-state index contributed by atoms with van der Waals surface area (Å²) in [6, 6.07) is 5.25. The number of aliphatic hydroxyl groups is 1.